The Bertz CT molecular complexity index is 704. The number of rotatable bonds is 5. The van der Waals surface area contributed by atoms with Gasteiger partial charge in [0.05, 0.1) is 6.04 Å². The molecule has 6 nitrogen and oxygen atoms in total. The Balaban J connectivity index is 2.00. The zero-order chi connectivity index (χ0) is 20.9. The molecule has 1 heterocycles. The van der Waals surface area contributed by atoms with Crippen molar-refractivity contribution in [1.82, 2.24) is 10.2 Å². The zero-order valence-electron chi connectivity index (χ0n) is 16.7. The van der Waals surface area contributed by atoms with Crippen molar-refractivity contribution in [1.29, 1.82) is 0 Å². The van der Waals surface area contributed by atoms with Gasteiger partial charge in [0, 0.05) is 25.9 Å². The highest BCUT2D eigenvalue weighted by atomic mass is 19.1. The smallest absolute Gasteiger partial charge is 0.410 e. The van der Waals surface area contributed by atoms with Crippen molar-refractivity contribution in [2.45, 2.75) is 57.3 Å². The van der Waals surface area contributed by atoms with Crippen molar-refractivity contribution in [2.24, 2.45) is 0 Å². The van der Waals surface area contributed by atoms with Gasteiger partial charge in [0.2, 0.25) is 0 Å². The normalized spacial score (nSPS) is 17.5. The fraction of sp³-hybridized carbons (Fsp3) is 0.524. The SMILES string of the molecule is C=CC[C@@H](NC(=O)C1(O)CCN(C(=O)OC(C)(C)C)CC1)c1ccc(F)cc1. The molecule has 0 aromatic heterocycles. The zero-order valence-corrected chi connectivity index (χ0v) is 16.7. The largest absolute Gasteiger partial charge is 0.444 e. The van der Waals surface area contributed by atoms with Gasteiger partial charge in [0.25, 0.3) is 5.91 Å². The Morgan fingerprint density at radius 1 is 1.32 bits per heavy atom. The van der Waals surface area contributed by atoms with E-state index in [1.807, 2.05) is 0 Å². The van der Waals surface area contributed by atoms with Gasteiger partial charge in [0.1, 0.15) is 17.0 Å². The second-order valence-electron chi connectivity index (χ2n) is 8.10. The van der Waals surface area contributed by atoms with E-state index < -0.39 is 29.2 Å². The van der Waals surface area contributed by atoms with Crippen molar-refractivity contribution in [3.63, 3.8) is 0 Å². The first-order chi connectivity index (χ1) is 13.0. The van der Waals surface area contributed by atoms with Gasteiger partial charge in [-0.15, -0.1) is 6.58 Å². The number of carbonyl (C=O) groups is 2. The lowest BCUT2D eigenvalue weighted by molar-refractivity contribution is -0.145. The van der Waals surface area contributed by atoms with Crippen molar-refractivity contribution in [2.75, 3.05) is 13.1 Å². The topological polar surface area (TPSA) is 78.9 Å². The Morgan fingerprint density at radius 2 is 1.89 bits per heavy atom. The molecule has 7 heteroatoms. The summed E-state index contributed by atoms with van der Waals surface area (Å²) >= 11 is 0. The first-order valence-corrected chi connectivity index (χ1v) is 9.42. The van der Waals surface area contributed by atoms with Crippen LogP contribution < -0.4 is 5.32 Å². The Morgan fingerprint density at radius 3 is 2.39 bits per heavy atom. The maximum Gasteiger partial charge on any atom is 0.410 e. The number of amides is 2. The third kappa shape index (κ3) is 5.79. The van der Waals surface area contributed by atoms with E-state index in [1.54, 1.807) is 39.0 Å². The van der Waals surface area contributed by atoms with Crippen LogP contribution in [-0.4, -0.2) is 46.3 Å². The number of benzene rings is 1. The highest BCUT2D eigenvalue weighted by molar-refractivity contribution is 5.85. The summed E-state index contributed by atoms with van der Waals surface area (Å²) in [5.41, 5.74) is -1.45. The van der Waals surface area contributed by atoms with E-state index in [2.05, 4.69) is 11.9 Å². The second-order valence-corrected chi connectivity index (χ2v) is 8.10. The molecule has 0 saturated carbocycles. The maximum atomic E-state index is 13.2. The standard InChI is InChI=1S/C21H29FN2O4/c1-5-6-17(15-7-9-16(22)10-8-15)23-18(25)21(27)11-13-24(14-12-21)19(26)28-20(2,3)4/h5,7-10,17,27H,1,6,11-14H2,2-4H3,(H,23,25)/t17-/m1/s1. The molecule has 1 aliphatic rings. The number of carbonyl (C=O) groups excluding carboxylic acids is 2. The van der Waals surface area contributed by atoms with Crippen LogP contribution in [0.5, 0.6) is 0 Å². The predicted octanol–water partition coefficient (Wildman–Crippen LogP) is 3.32. The van der Waals surface area contributed by atoms with Gasteiger partial charge < -0.3 is 20.1 Å². The van der Waals surface area contributed by atoms with E-state index in [0.717, 1.165) is 5.56 Å². The minimum atomic E-state index is -1.57. The Kier molecular flexibility index (Phi) is 6.82. The number of hydrogen-bond acceptors (Lipinski definition) is 4. The van der Waals surface area contributed by atoms with Crippen molar-refractivity contribution in [3.8, 4) is 0 Å². The van der Waals surface area contributed by atoms with Crippen LogP contribution in [-0.2, 0) is 9.53 Å². The third-order valence-electron chi connectivity index (χ3n) is 4.65. The minimum Gasteiger partial charge on any atom is -0.444 e. The van der Waals surface area contributed by atoms with Crippen LogP contribution in [0.15, 0.2) is 36.9 Å². The van der Waals surface area contributed by atoms with E-state index in [-0.39, 0.29) is 31.7 Å². The van der Waals surface area contributed by atoms with E-state index in [1.165, 1.54) is 17.0 Å². The molecular formula is C21H29FN2O4. The van der Waals surface area contributed by atoms with Crippen LogP contribution in [0.2, 0.25) is 0 Å². The van der Waals surface area contributed by atoms with E-state index in [4.69, 9.17) is 4.74 Å². The predicted molar refractivity (Wildman–Crippen MR) is 104 cm³/mol. The number of nitrogens with one attached hydrogen (secondary N) is 1. The lowest BCUT2D eigenvalue weighted by atomic mass is 9.89. The number of piperidine rings is 1. The summed E-state index contributed by atoms with van der Waals surface area (Å²) in [6.07, 6.45) is 1.87. The summed E-state index contributed by atoms with van der Waals surface area (Å²) in [4.78, 5) is 26.4. The third-order valence-corrected chi connectivity index (χ3v) is 4.65. The van der Waals surface area contributed by atoms with Crippen LogP contribution >= 0.6 is 0 Å². The van der Waals surface area contributed by atoms with Gasteiger partial charge in [-0.25, -0.2) is 9.18 Å². The van der Waals surface area contributed by atoms with E-state index in [0.29, 0.717) is 6.42 Å². The summed E-state index contributed by atoms with van der Waals surface area (Å²) < 4.78 is 18.5. The molecule has 1 aromatic rings. The maximum absolute atomic E-state index is 13.2. The van der Waals surface area contributed by atoms with E-state index >= 15 is 0 Å². The number of likely N-dealkylation sites (tertiary alicyclic amines) is 1. The number of aliphatic hydroxyl groups is 1. The van der Waals surface area contributed by atoms with Gasteiger partial charge >= 0.3 is 6.09 Å². The van der Waals surface area contributed by atoms with Gasteiger partial charge in [-0.1, -0.05) is 18.2 Å². The first kappa shape index (κ1) is 21.9. The monoisotopic (exact) mass is 392 g/mol. The highest BCUT2D eigenvalue weighted by Gasteiger charge is 2.41. The lowest BCUT2D eigenvalue weighted by Crippen LogP contribution is -2.55. The van der Waals surface area contributed by atoms with Gasteiger partial charge in [-0.2, -0.15) is 0 Å². The first-order valence-electron chi connectivity index (χ1n) is 9.42. The summed E-state index contributed by atoms with van der Waals surface area (Å²) in [6, 6.07) is 5.42. The van der Waals surface area contributed by atoms with Crippen LogP contribution in [0.3, 0.4) is 0 Å². The number of hydrogen-bond donors (Lipinski definition) is 2. The lowest BCUT2D eigenvalue weighted by Gasteiger charge is -2.38. The number of halogens is 1. The molecule has 0 bridgehead atoms. The molecule has 1 atom stereocenters. The average Bonchev–Trinajstić information content (AvgIpc) is 2.61. The fourth-order valence-electron chi connectivity index (χ4n) is 3.05. The fourth-order valence-corrected chi connectivity index (χ4v) is 3.05. The average molecular weight is 392 g/mol. The molecule has 154 valence electrons. The van der Waals surface area contributed by atoms with Crippen molar-refractivity contribution >= 4 is 12.0 Å². The molecule has 0 spiro atoms. The molecule has 0 aliphatic carbocycles. The van der Waals surface area contributed by atoms with Crippen LogP contribution in [0, 0.1) is 5.82 Å². The molecule has 28 heavy (non-hydrogen) atoms. The molecular weight excluding hydrogens is 363 g/mol. The molecule has 0 radical (unpaired) electrons. The summed E-state index contributed by atoms with van der Waals surface area (Å²) in [7, 11) is 0. The molecule has 1 aromatic carbocycles. The van der Waals surface area contributed by atoms with Gasteiger partial charge in [-0.3, -0.25) is 4.79 Å². The summed E-state index contributed by atoms with van der Waals surface area (Å²) in [5, 5.41) is 13.6. The molecule has 2 N–H and O–H groups in total. The highest BCUT2D eigenvalue weighted by Crippen LogP contribution is 2.26. The second kappa shape index (κ2) is 8.73. The van der Waals surface area contributed by atoms with Gasteiger partial charge in [0.15, 0.2) is 0 Å². The van der Waals surface area contributed by atoms with Crippen molar-refractivity contribution < 1.29 is 23.8 Å². The Hall–Kier alpha value is -2.41. The molecule has 0 unspecified atom stereocenters. The quantitative estimate of drug-likeness (QED) is 0.754. The molecule has 1 saturated heterocycles. The minimum absolute atomic E-state index is 0.113. The van der Waals surface area contributed by atoms with Crippen LogP contribution in [0.25, 0.3) is 0 Å². The molecule has 2 amide bonds. The van der Waals surface area contributed by atoms with Crippen molar-refractivity contribution in [3.05, 3.63) is 48.3 Å². The molecule has 1 aliphatic heterocycles. The molecule has 2 rings (SSSR count). The van der Waals surface area contributed by atoms with E-state index in [9.17, 15) is 19.1 Å². The molecule has 1 fully saturated rings. The van der Waals surface area contributed by atoms with Crippen LogP contribution in [0.1, 0.15) is 51.6 Å². The summed E-state index contributed by atoms with van der Waals surface area (Å²) in [5.74, 6) is -0.868. The number of ether oxygens (including phenoxy) is 1. The Labute approximate surface area is 165 Å². The van der Waals surface area contributed by atoms with Crippen LogP contribution in [0.4, 0.5) is 9.18 Å². The van der Waals surface area contributed by atoms with Gasteiger partial charge in [-0.05, 0) is 44.9 Å². The number of nitrogens with zero attached hydrogens (tertiary/aromatic N) is 1. The summed E-state index contributed by atoms with van der Waals surface area (Å²) in [6.45, 7) is 9.50.